The molecule has 1 aliphatic heterocycles. The fraction of sp³-hybridized carbons (Fsp3) is 0.219. The lowest BCUT2D eigenvalue weighted by Crippen LogP contribution is -2.33. The SMILES string of the molecule is CC1(C)CC(=O)C2=C(C1)c1c(ccc3ccccc13)N[C@H]2c1cc(Cl)ccc1OCc1ccc(Cl)cc1Cl. The molecule has 0 unspecified atom stereocenters. The summed E-state index contributed by atoms with van der Waals surface area (Å²) in [6.45, 7) is 4.59. The van der Waals surface area contributed by atoms with Gasteiger partial charge in [0.15, 0.2) is 5.78 Å². The molecule has 1 heterocycles. The molecule has 0 fully saturated rings. The van der Waals surface area contributed by atoms with E-state index in [1.165, 1.54) is 0 Å². The average molecular weight is 563 g/mol. The number of ketones is 1. The van der Waals surface area contributed by atoms with Crippen LogP contribution in [0, 0.1) is 5.41 Å². The van der Waals surface area contributed by atoms with Crippen LogP contribution in [0.5, 0.6) is 5.75 Å². The van der Waals surface area contributed by atoms with Crippen LogP contribution in [0.3, 0.4) is 0 Å². The van der Waals surface area contributed by atoms with E-state index < -0.39 is 6.04 Å². The van der Waals surface area contributed by atoms with Crippen molar-refractivity contribution in [3.63, 3.8) is 0 Å². The highest BCUT2D eigenvalue weighted by molar-refractivity contribution is 6.35. The number of rotatable bonds is 4. The highest BCUT2D eigenvalue weighted by atomic mass is 35.5. The van der Waals surface area contributed by atoms with Crippen LogP contribution in [-0.2, 0) is 11.4 Å². The monoisotopic (exact) mass is 561 g/mol. The topological polar surface area (TPSA) is 38.3 Å². The first kappa shape index (κ1) is 25.3. The molecular weight excluding hydrogens is 537 g/mol. The van der Waals surface area contributed by atoms with Crippen molar-refractivity contribution in [3.05, 3.63) is 110 Å². The second-order valence-electron chi connectivity index (χ2n) is 10.8. The van der Waals surface area contributed by atoms with Gasteiger partial charge in [0.25, 0.3) is 0 Å². The minimum atomic E-state index is -0.392. The Balaban J connectivity index is 1.49. The van der Waals surface area contributed by atoms with Crippen molar-refractivity contribution in [2.75, 3.05) is 5.32 Å². The molecule has 1 atom stereocenters. The molecule has 6 heteroatoms. The molecule has 1 aliphatic carbocycles. The van der Waals surface area contributed by atoms with Gasteiger partial charge in [-0.3, -0.25) is 4.79 Å². The molecular formula is C32H26Cl3NO2. The van der Waals surface area contributed by atoms with E-state index in [1.807, 2.05) is 24.3 Å². The second kappa shape index (κ2) is 9.64. The number of carbonyl (C=O) groups excluding carboxylic acids is 1. The minimum absolute atomic E-state index is 0.134. The summed E-state index contributed by atoms with van der Waals surface area (Å²) in [6, 6.07) is 23.1. The Morgan fingerprint density at radius 2 is 1.68 bits per heavy atom. The number of fused-ring (bicyclic) bond motifs is 4. The van der Waals surface area contributed by atoms with E-state index in [0.29, 0.717) is 27.2 Å². The fourth-order valence-corrected chi connectivity index (χ4v) is 6.38. The third-order valence-electron chi connectivity index (χ3n) is 7.42. The molecule has 0 aromatic heterocycles. The lowest BCUT2D eigenvalue weighted by Gasteiger charge is -2.40. The largest absolute Gasteiger partial charge is 0.488 e. The van der Waals surface area contributed by atoms with Gasteiger partial charge in [-0.2, -0.15) is 0 Å². The molecule has 0 radical (unpaired) electrons. The van der Waals surface area contributed by atoms with E-state index in [0.717, 1.165) is 50.7 Å². The van der Waals surface area contributed by atoms with Crippen molar-refractivity contribution in [1.82, 2.24) is 0 Å². The van der Waals surface area contributed by atoms with Crippen LogP contribution in [-0.4, -0.2) is 5.78 Å². The maximum atomic E-state index is 13.8. The van der Waals surface area contributed by atoms with E-state index in [4.69, 9.17) is 39.5 Å². The number of allylic oxidation sites excluding steroid dienone is 1. The molecule has 38 heavy (non-hydrogen) atoms. The molecule has 0 saturated heterocycles. The van der Waals surface area contributed by atoms with Gasteiger partial charge in [-0.15, -0.1) is 0 Å². The van der Waals surface area contributed by atoms with Gasteiger partial charge in [-0.05, 0) is 64.6 Å². The Kier molecular flexibility index (Phi) is 6.42. The molecule has 0 amide bonds. The maximum Gasteiger partial charge on any atom is 0.162 e. The number of halogens is 3. The van der Waals surface area contributed by atoms with Crippen LogP contribution < -0.4 is 10.1 Å². The third-order valence-corrected chi connectivity index (χ3v) is 8.24. The zero-order valence-electron chi connectivity index (χ0n) is 21.1. The molecule has 0 bridgehead atoms. The zero-order valence-corrected chi connectivity index (χ0v) is 23.3. The van der Waals surface area contributed by atoms with Crippen LogP contribution in [0.15, 0.2) is 78.4 Å². The highest BCUT2D eigenvalue weighted by Crippen LogP contribution is 2.53. The molecule has 1 N–H and O–H groups in total. The summed E-state index contributed by atoms with van der Waals surface area (Å²) in [7, 11) is 0. The number of anilines is 1. The first-order valence-electron chi connectivity index (χ1n) is 12.6. The van der Waals surface area contributed by atoms with E-state index in [2.05, 4.69) is 49.5 Å². The smallest absolute Gasteiger partial charge is 0.162 e. The highest BCUT2D eigenvalue weighted by Gasteiger charge is 2.41. The molecule has 192 valence electrons. The third kappa shape index (κ3) is 4.58. The number of hydrogen-bond donors (Lipinski definition) is 1. The number of Topliss-reactive ketones (excluding diaryl/α,β-unsaturated/α-hetero) is 1. The van der Waals surface area contributed by atoms with Gasteiger partial charge in [0.2, 0.25) is 0 Å². The first-order valence-corrected chi connectivity index (χ1v) is 13.7. The Labute approximate surface area is 237 Å². The van der Waals surface area contributed by atoms with Crippen LogP contribution in [0.25, 0.3) is 16.3 Å². The van der Waals surface area contributed by atoms with E-state index >= 15 is 0 Å². The quantitative estimate of drug-likeness (QED) is 0.269. The fourth-order valence-electron chi connectivity index (χ4n) is 5.74. The van der Waals surface area contributed by atoms with Crippen molar-refractivity contribution in [3.8, 4) is 5.75 Å². The lowest BCUT2D eigenvalue weighted by atomic mass is 9.68. The zero-order chi connectivity index (χ0) is 26.6. The Bertz CT molecular complexity index is 1640. The summed E-state index contributed by atoms with van der Waals surface area (Å²) >= 11 is 19.0. The molecule has 3 nitrogen and oxygen atoms in total. The molecule has 2 aliphatic rings. The number of hydrogen-bond acceptors (Lipinski definition) is 3. The van der Waals surface area contributed by atoms with Gasteiger partial charge in [0, 0.05) is 49.4 Å². The van der Waals surface area contributed by atoms with Gasteiger partial charge in [0.1, 0.15) is 12.4 Å². The van der Waals surface area contributed by atoms with Crippen molar-refractivity contribution in [2.45, 2.75) is 39.3 Å². The van der Waals surface area contributed by atoms with Crippen molar-refractivity contribution in [1.29, 1.82) is 0 Å². The summed E-state index contributed by atoms with van der Waals surface area (Å²) < 4.78 is 6.31. The van der Waals surface area contributed by atoms with E-state index in [-0.39, 0.29) is 17.8 Å². The Morgan fingerprint density at radius 3 is 2.50 bits per heavy atom. The van der Waals surface area contributed by atoms with E-state index in [9.17, 15) is 4.79 Å². The second-order valence-corrected chi connectivity index (χ2v) is 12.1. The van der Waals surface area contributed by atoms with Crippen LogP contribution >= 0.6 is 34.8 Å². The number of carbonyl (C=O) groups is 1. The summed E-state index contributed by atoms with van der Waals surface area (Å²) in [5.41, 5.74) is 5.53. The predicted molar refractivity (Wildman–Crippen MR) is 157 cm³/mol. The summed E-state index contributed by atoms with van der Waals surface area (Å²) in [4.78, 5) is 13.8. The van der Waals surface area contributed by atoms with Gasteiger partial charge >= 0.3 is 0 Å². The lowest BCUT2D eigenvalue weighted by molar-refractivity contribution is -0.118. The summed E-state index contributed by atoms with van der Waals surface area (Å²) in [6.07, 6.45) is 1.30. The van der Waals surface area contributed by atoms with Crippen LogP contribution in [0.4, 0.5) is 5.69 Å². The molecule has 6 rings (SSSR count). The Hall–Kier alpha value is -2.98. The standard InChI is InChI=1S/C32H26Cl3NO2/c1-32(2)15-24-29-22-6-4-3-5-18(22)8-11-26(29)36-31(30(24)27(37)16-32)23-13-20(33)10-12-28(23)38-17-19-7-9-21(34)14-25(19)35/h3-14,31,36H,15-17H2,1-2H3/t31-/m0/s1. The predicted octanol–water partition coefficient (Wildman–Crippen LogP) is 9.69. The van der Waals surface area contributed by atoms with Crippen LogP contribution in [0.1, 0.15) is 49.4 Å². The van der Waals surface area contributed by atoms with Crippen molar-refractivity contribution < 1.29 is 9.53 Å². The van der Waals surface area contributed by atoms with Gasteiger partial charge in [-0.25, -0.2) is 0 Å². The molecule has 0 saturated carbocycles. The van der Waals surface area contributed by atoms with E-state index in [1.54, 1.807) is 18.2 Å². The minimum Gasteiger partial charge on any atom is -0.488 e. The average Bonchev–Trinajstić information content (AvgIpc) is 2.87. The summed E-state index contributed by atoms with van der Waals surface area (Å²) in [5, 5.41) is 7.68. The normalized spacial score (nSPS) is 18.1. The molecule has 4 aromatic rings. The van der Waals surface area contributed by atoms with Gasteiger partial charge in [-0.1, -0.05) is 85.0 Å². The number of ether oxygens (including phenoxy) is 1. The number of benzene rings is 4. The number of nitrogens with one attached hydrogen (secondary N) is 1. The maximum absolute atomic E-state index is 13.8. The van der Waals surface area contributed by atoms with Crippen molar-refractivity contribution >= 4 is 62.6 Å². The first-order chi connectivity index (χ1) is 18.2. The Morgan fingerprint density at radius 1 is 0.921 bits per heavy atom. The van der Waals surface area contributed by atoms with Gasteiger partial charge in [0.05, 0.1) is 6.04 Å². The summed E-state index contributed by atoms with van der Waals surface area (Å²) in [5.74, 6) is 0.797. The molecule has 0 spiro atoms. The molecule has 4 aromatic carbocycles. The van der Waals surface area contributed by atoms with Crippen LogP contribution in [0.2, 0.25) is 15.1 Å². The van der Waals surface area contributed by atoms with Gasteiger partial charge < -0.3 is 10.1 Å². The van der Waals surface area contributed by atoms with Crippen molar-refractivity contribution in [2.24, 2.45) is 5.41 Å².